The van der Waals surface area contributed by atoms with Crippen LogP contribution in [0.2, 0.25) is 0 Å². The predicted octanol–water partition coefficient (Wildman–Crippen LogP) is 4.17. The van der Waals surface area contributed by atoms with Gasteiger partial charge in [-0.1, -0.05) is 43.3 Å². The average molecular weight is 364 g/mol. The number of hydrogen-bond donors (Lipinski definition) is 1. The van der Waals surface area contributed by atoms with Crippen molar-refractivity contribution in [3.05, 3.63) is 77.9 Å². The molecule has 1 amide bonds. The minimum absolute atomic E-state index is 0.0713. The number of carbonyl (C=O) groups is 1. The number of carbonyl (C=O) groups excluding carboxylic acids is 1. The monoisotopic (exact) mass is 364 g/mol. The molecule has 4 heteroatoms. The van der Waals surface area contributed by atoms with Gasteiger partial charge in [-0.25, -0.2) is 0 Å². The molecular formula is C23H28N2O2. The number of nitrogens with one attached hydrogen (secondary N) is 1. The fourth-order valence-corrected chi connectivity index (χ4v) is 3.38. The van der Waals surface area contributed by atoms with E-state index in [9.17, 15) is 4.79 Å². The van der Waals surface area contributed by atoms with Crippen molar-refractivity contribution in [3.63, 3.8) is 0 Å². The summed E-state index contributed by atoms with van der Waals surface area (Å²) in [5.41, 5.74) is 3.12. The molecule has 2 aromatic carbocycles. The molecular weight excluding hydrogens is 336 g/mol. The molecule has 3 rings (SSSR count). The molecule has 0 spiro atoms. The van der Waals surface area contributed by atoms with Gasteiger partial charge in [0.1, 0.15) is 12.4 Å². The van der Waals surface area contributed by atoms with Crippen molar-refractivity contribution in [2.24, 2.45) is 0 Å². The highest BCUT2D eigenvalue weighted by atomic mass is 16.5. The van der Waals surface area contributed by atoms with E-state index in [-0.39, 0.29) is 5.91 Å². The molecule has 0 radical (unpaired) electrons. The van der Waals surface area contributed by atoms with Gasteiger partial charge in [0.25, 0.3) is 5.91 Å². The summed E-state index contributed by atoms with van der Waals surface area (Å²) >= 11 is 0. The Labute approximate surface area is 161 Å². The van der Waals surface area contributed by atoms with Gasteiger partial charge in [0.2, 0.25) is 0 Å². The van der Waals surface area contributed by atoms with Gasteiger partial charge in [-0.15, -0.1) is 0 Å². The molecule has 4 nitrogen and oxygen atoms in total. The predicted molar refractivity (Wildman–Crippen MR) is 109 cm³/mol. The van der Waals surface area contributed by atoms with Crippen LogP contribution in [0.25, 0.3) is 0 Å². The maximum atomic E-state index is 12.5. The van der Waals surface area contributed by atoms with Crippen LogP contribution < -0.4 is 10.1 Å². The molecule has 27 heavy (non-hydrogen) atoms. The highest BCUT2D eigenvalue weighted by Gasteiger charge is 2.13. The second-order valence-corrected chi connectivity index (χ2v) is 6.91. The lowest BCUT2D eigenvalue weighted by Crippen LogP contribution is -2.30. The van der Waals surface area contributed by atoms with Crippen molar-refractivity contribution in [1.29, 1.82) is 0 Å². The summed E-state index contributed by atoms with van der Waals surface area (Å²) < 4.78 is 5.45. The molecule has 0 saturated carbocycles. The largest absolute Gasteiger partial charge is 0.490 e. The summed E-state index contributed by atoms with van der Waals surface area (Å²) in [5, 5.41) is 3.04. The van der Waals surface area contributed by atoms with Gasteiger partial charge in [-0.3, -0.25) is 9.69 Å². The third kappa shape index (κ3) is 5.69. The molecule has 0 aromatic heterocycles. The van der Waals surface area contributed by atoms with Gasteiger partial charge in [0.05, 0.1) is 0 Å². The minimum Gasteiger partial charge on any atom is -0.490 e. The maximum Gasteiger partial charge on any atom is 0.251 e. The second-order valence-electron chi connectivity index (χ2n) is 6.91. The van der Waals surface area contributed by atoms with Gasteiger partial charge >= 0.3 is 0 Å². The lowest BCUT2D eigenvalue weighted by Gasteiger charge is -2.27. The first kappa shape index (κ1) is 19.2. The number of rotatable bonds is 8. The standard InChI is InChI=1S/C23H28N2O2/c1-2-16-27-22-12-10-19(11-13-22)23(26)24-17-20-8-4-5-9-21(20)18-25-14-6-3-7-15-25/h2,4-5,8-13H,1,3,6-7,14-18H2,(H,24,26). The Balaban J connectivity index is 1.57. The Hall–Kier alpha value is -2.59. The first-order chi connectivity index (χ1) is 13.3. The van der Waals surface area contributed by atoms with E-state index in [0.717, 1.165) is 12.3 Å². The van der Waals surface area contributed by atoms with E-state index in [1.807, 2.05) is 18.2 Å². The first-order valence-electron chi connectivity index (χ1n) is 9.67. The minimum atomic E-state index is -0.0713. The van der Waals surface area contributed by atoms with Crippen LogP contribution in [0.5, 0.6) is 5.75 Å². The molecule has 0 bridgehead atoms. The maximum absolute atomic E-state index is 12.5. The number of amides is 1. The third-order valence-corrected chi connectivity index (χ3v) is 4.88. The van der Waals surface area contributed by atoms with Crippen LogP contribution in [0.3, 0.4) is 0 Å². The van der Waals surface area contributed by atoms with Crippen LogP contribution in [0, 0.1) is 0 Å². The van der Waals surface area contributed by atoms with E-state index < -0.39 is 0 Å². The number of likely N-dealkylation sites (tertiary alicyclic amines) is 1. The smallest absolute Gasteiger partial charge is 0.251 e. The Bertz CT molecular complexity index is 749. The average Bonchev–Trinajstić information content (AvgIpc) is 2.72. The van der Waals surface area contributed by atoms with E-state index in [1.54, 1.807) is 18.2 Å². The Kier molecular flexibility index (Phi) is 7.05. The van der Waals surface area contributed by atoms with Crippen molar-refractivity contribution in [2.45, 2.75) is 32.4 Å². The summed E-state index contributed by atoms with van der Waals surface area (Å²) in [4.78, 5) is 15.0. The van der Waals surface area contributed by atoms with Crippen LogP contribution >= 0.6 is 0 Å². The summed E-state index contributed by atoms with van der Waals surface area (Å²) in [6.45, 7) is 7.92. The number of benzene rings is 2. The van der Waals surface area contributed by atoms with Gasteiger partial charge in [-0.2, -0.15) is 0 Å². The zero-order chi connectivity index (χ0) is 18.9. The van der Waals surface area contributed by atoms with E-state index in [2.05, 4.69) is 35.0 Å². The molecule has 1 aliphatic rings. The van der Waals surface area contributed by atoms with Crippen LogP contribution in [-0.2, 0) is 13.1 Å². The van der Waals surface area contributed by atoms with E-state index >= 15 is 0 Å². The lowest BCUT2D eigenvalue weighted by atomic mass is 10.0. The summed E-state index contributed by atoms with van der Waals surface area (Å²) in [7, 11) is 0. The number of piperidine rings is 1. The quantitative estimate of drug-likeness (QED) is 0.715. The van der Waals surface area contributed by atoms with Gasteiger partial charge in [0, 0.05) is 18.7 Å². The molecule has 0 atom stereocenters. The third-order valence-electron chi connectivity index (χ3n) is 4.88. The Morgan fingerprint density at radius 1 is 1.04 bits per heavy atom. The molecule has 1 fully saturated rings. The van der Waals surface area contributed by atoms with E-state index in [0.29, 0.717) is 18.7 Å². The molecule has 0 aliphatic carbocycles. The Morgan fingerprint density at radius 2 is 1.74 bits per heavy atom. The molecule has 0 unspecified atom stereocenters. The molecule has 1 heterocycles. The first-order valence-corrected chi connectivity index (χ1v) is 9.67. The topological polar surface area (TPSA) is 41.6 Å². The van der Waals surface area contributed by atoms with Crippen molar-refractivity contribution in [1.82, 2.24) is 10.2 Å². The molecule has 1 saturated heterocycles. The van der Waals surface area contributed by atoms with Crippen LogP contribution in [0.15, 0.2) is 61.2 Å². The number of hydrogen-bond acceptors (Lipinski definition) is 3. The zero-order valence-corrected chi connectivity index (χ0v) is 15.8. The molecule has 1 N–H and O–H groups in total. The molecule has 1 aliphatic heterocycles. The summed E-state index contributed by atoms with van der Waals surface area (Å²) in [5.74, 6) is 0.663. The molecule has 142 valence electrons. The van der Waals surface area contributed by atoms with E-state index in [4.69, 9.17) is 4.74 Å². The van der Waals surface area contributed by atoms with Gasteiger partial charge in [0.15, 0.2) is 0 Å². The highest BCUT2D eigenvalue weighted by Crippen LogP contribution is 2.17. The van der Waals surface area contributed by atoms with Crippen LogP contribution in [0.1, 0.15) is 40.7 Å². The number of ether oxygens (including phenoxy) is 1. The fourth-order valence-electron chi connectivity index (χ4n) is 3.38. The summed E-state index contributed by atoms with van der Waals surface area (Å²) in [6.07, 6.45) is 5.60. The van der Waals surface area contributed by atoms with Crippen LogP contribution in [0.4, 0.5) is 0 Å². The van der Waals surface area contributed by atoms with Gasteiger partial charge < -0.3 is 10.1 Å². The fraction of sp³-hybridized carbons (Fsp3) is 0.348. The Morgan fingerprint density at radius 3 is 2.44 bits per heavy atom. The van der Waals surface area contributed by atoms with E-state index in [1.165, 1.54) is 43.5 Å². The summed E-state index contributed by atoms with van der Waals surface area (Å²) in [6, 6.07) is 15.6. The van der Waals surface area contributed by atoms with Crippen LogP contribution in [-0.4, -0.2) is 30.5 Å². The zero-order valence-electron chi connectivity index (χ0n) is 15.8. The molecule has 2 aromatic rings. The number of nitrogens with zero attached hydrogens (tertiary/aromatic N) is 1. The second kappa shape index (κ2) is 9.93. The van der Waals surface area contributed by atoms with Crippen molar-refractivity contribution in [2.75, 3.05) is 19.7 Å². The van der Waals surface area contributed by atoms with Crippen molar-refractivity contribution < 1.29 is 9.53 Å². The van der Waals surface area contributed by atoms with Crippen molar-refractivity contribution in [3.8, 4) is 5.75 Å². The SMILES string of the molecule is C=CCOc1ccc(C(=O)NCc2ccccc2CN2CCCCC2)cc1. The van der Waals surface area contributed by atoms with Crippen molar-refractivity contribution >= 4 is 5.91 Å². The highest BCUT2D eigenvalue weighted by molar-refractivity contribution is 5.94. The van der Waals surface area contributed by atoms with Gasteiger partial charge in [-0.05, 0) is 61.3 Å². The lowest BCUT2D eigenvalue weighted by molar-refractivity contribution is 0.0950. The normalized spacial score (nSPS) is 14.5.